The molecule has 4 N–H and O–H groups in total. The van der Waals surface area contributed by atoms with Crippen LogP contribution in [-0.4, -0.2) is 5.91 Å². The predicted octanol–water partition coefficient (Wildman–Crippen LogP) is 1.42. The van der Waals surface area contributed by atoms with E-state index in [1.54, 1.807) is 24.3 Å². The molecule has 0 radical (unpaired) electrons. The fourth-order valence-electron chi connectivity index (χ4n) is 0.910. The number of nitrogens with two attached hydrogens (primary N) is 2. The van der Waals surface area contributed by atoms with Crippen molar-refractivity contribution in [3.05, 3.63) is 34.9 Å². The van der Waals surface area contributed by atoms with Gasteiger partial charge in [-0.15, -0.1) is 0 Å². The number of primary amides is 1. The van der Waals surface area contributed by atoms with Gasteiger partial charge >= 0.3 is 0 Å². The van der Waals surface area contributed by atoms with Gasteiger partial charge in [0.05, 0.1) is 0 Å². The second-order valence-corrected chi connectivity index (χ2v) is 2.99. The molecular formula is C9H9ClN2O. The Morgan fingerprint density at radius 1 is 1.38 bits per heavy atom. The molecule has 13 heavy (non-hydrogen) atoms. The summed E-state index contributed by atoms with van der Waals surface area (Å²) in [6.45, 7) is 0. The van der Waals surface area contributed by atoms with Crippen molar-refractivity contribution in [1.82, 2.24) is 0 Å². The molecular weight excluding hydrogens is 188 g/mol. The standard InChI is InChI=1S/C9H9ClN2O/c10-7-3-6(1-2-9(12)13)4-8(11)5-7/h1-5H,11H2,(H2,12,13). The summed E-state index contributed by atoms with van der Waals surface area (Å²) in [5, 5.41) is 0.532. The minimum absolute atomic E-state index is 0.501. The van der Waals surface area contributed by atoms with Gasteiger partial charge in [-0.05, 0) is 29.8 Å². The minimum Gasteiger partial charge on any atom is -0.399 e. The molecule has 4 heteroatoms. The summed E-state index contributed by atoms with van der Waals surface area (Å²) in [6, 6.07) is 5.02. The van der Waals surface area contributed by atoms with Crippen LogP contribution in [0.4, 0.5) is 5.69 Å². The molecule has 0 aliphatic rings. The van der Waals surface area contributed by atoms with Crippen molar-refractivity contribution in [3.63, 3.8) is 0 Å². The van der Waals surface area contributed by atoms with E-state index in [9.17, 15) is 4.79 Å². The van der Waals surface area contributed by atoms with Gasteiger partial charge in [0.15, 0.2) is 0 Å². The number of rotatable bonds is 2. The van der Waals surface area contributed by atoms with Gasteiger partial charge in [-0.1, -0.05) is 11.6 Å². The molecule has 0 aromatic heterocycles. The molecule has 0 heterocycles. The summed E-state index contributed by atoms with van der Waals surface area (Å²) >= 11 is 5.74. The van der Waals surface area contributed by atoms with Gasteiger partial charge in [-0.3, -0.25) is 4.79 Å². The summed E-state index contributed by atoms with van der Waals surface area (Å²) < 4.78 is 0. The van der Waals surface area contributed by atoms with E-state index in [2.05, 4.69) is 0 Å². The van der Waals surface area contributed by atoms with E-state index in [4.69, 9.17) is 23.1 Å². The van der Waals surface area contributed by atoms with Crippen LogP contribution in [0, 0.1) is 0 Å². The molecule has 0 bridgehead atoms. The number of anilines is 1. The third-order valence-corrected chi connectivity index (χ3v) is 1.60. The Morgan fingerprint density at radius 3 is 2.62 bits per heavy atom. The first-order valence-corrected chi connectivity index (χ1v) is 3.99. The van der Waals surface area contributed by atoms with Crippen LogP contribution in [0.3, 0.4) is 0 Å². The molecule has 1 aromatic rings. The molecule has 3 nitrogen and oxygen atoms in total. The van der Waals surface area contributed by atoms with Crippen LogP contribution in [0.15, 0.2) is 24.3 Å². The zero-order valence-electron chi connectivity index (χ0n) is 6.83. The Kier molecular flexibility index (Phi) is 2.93. The molecule has 0 unspecified atom stereocenters. The third kappa shape index (κ3) is 3.17. The number of hydrogen-bond donors (Lipinski definition) is 2. The topological polar surface area (TPSA) is 69.1 Å². The Balaban J connectivity index is 2.95. The van der Waals surface area contributed by atoms with E-state index in [0.717, 1.165) is 5.56 Å². The van der Waals surface area contributed by atoms with E-state index in [1.807, 2.05) is 0 Å². The lowest BCUT2D eigenvalue weighted by Crippen LogP contribution is -2.05. The van der Waals surface area contributed by atoms with Crippen LogP contribution in [0.1, 0.15) is 5.56 Å². The summed E-state index contributed by atoms with van der Waals surface area (Å²) in [5.41, 5.74) is 11.8. The fraction of sp³-hybridized carbons (Fsp3) is 0. The zero-order valence-corrected chi connectivity index (χ0v) is 7.58. The van der Waals surface area contributed by atoms with Gasteiger partial charge in [0.25, 0.3) is 0 Å². The van der Waals surface area contributed by atoms with Crippen LogP contribution < -0.4 is 11.5 Å². The van der Waals surface area contributed by atoms with E-state index in [-0.39, 0.29) is 0 Å². The molecule has 0 aliphatic heterocycles. The lowest BCUT2D eigenvalue weighted by Gasteiger charge is -1.97. The Bertz CT molecular complexity index is 340. The zero-order chi connectivity index (χ0) is 9.84. The van der Waals surface area contributed by atoms with Crippen molar-refractivity contribution in [2.24, 2.45) is 5.73 Å². The van der Waals surface area contributed by atoms with Gasteiger partial charge in [-0.2, -0.15) is 0 Å². The van der Waals surface area contributed by atoms with Gasteiger partial charge < -0.3 is 11.5 Å². The maximum Gasteiger partial charge on any atom is 0.241 e. The molecule has 1 aromatic carbocycles. The lowest BCUT2D eigenvalue weighted by atomic mass is 10.2. The highest BCUT2D eigenvalue weighted by Crippen LogP contribution is 2.17. The minimum atomic E-state index is -0.501. The third-order valence-electron chi connectivity index (χ3n) is 1.38. The number of hydrogen-bond acceptors (Lipinski definition) is 2. The highest BCUT2D eigenvalue weighted by molar-refractivity contribution is 6.31. The quantitative estimate of drug-likeness (QED) is 0.555. The van der Waals surface area contributed by atoms with Crippen LogP contribution in [-0.2, 0) is 4.79 Å². The maximum absolute atomic E-state index is 10.4. The van der Waals surface area contributed by atoms with Crippen LogP contribution in [0.5, 0.6) is 0 Å². The first-order valence-electron chi connectivity index (χ1n) is 3.61. The normalized spacial score (nSPS) is 10.5. The van der Waals surface area contributed by atoms with Gasteiger partial charge in [0, 0.05) is 16.8 Å². The van der Waals surface area contributed by atoms with Crippen molar-refractivity contribution in [1.29, 1.82) is 0 Å². The summed E-state index contributed by atoms with van der Waals surface area (Å²) in [7, 11) is 0. The molecule has 0 aliphatic carbocycles. The van der Waals surface area contributed by atoms with Gasteiger partial charge in [-0.25, -0.2) is 0 Å². The van der Waals surface area contributed by atoms with Crippen LogP contribution in [0.25, 0.3) is 6.08 Å². The van der Waals surface area contributed by atoms with Crippen molar-refractivity contribution >= 4 is 29.3 Å². The predicted molar refractivity (Wildman–Crippen MR) is 54.1 cm³/mol. The molecule has 0 atom stereocenters. The molecule has 1 rings (SSSR count). The van der Waals surface area contributed by atoms with Gasteiger partial charge in [0.1, 0.15) is 0 Å². The highest BCUT2D eigenvalue weighted by Gasteiger charge is 1.94. The monoisotopic (exact) mass is 196 g/mol. The molecule has 0 fully saturated rings. The van der Waals surface area contributed by atoms with E-state index in [0.29, 0.717) is 10.7 Å². The molecule has 0 saturated carbocycles. The van der Waals surface area contributed by atoms with E-state index >= 15 is 0 Å². The smallest absolute Gasteiger partial charge is 0.241 e. The number of carbonyl (C=O) groups excluding carboxylic acids is 1. The number of halogens is 1. The molecule has 68 valence electrons. The summed E-state index contributed by atoms with van der Waals surface area (Å²) in [5.74, 6) is -0.501. The number of nitrogen functional groups attached to an aromatic ring is 1. The second kappa shape index (κ2) is 3.96. The Labute approximate surface area is 81.0 Å². The second-order valence-electron chi connectivity index (χ2n) is 2.55. The largest absolute Gasteiger partial charge is 0.399 e. The van der Waals surface area contributed by atoms with Crippen molar-refractivity contribution in [3.8, 4) is 0 Å². The summed E-state index contributed by atoms with van der Waals surface area (Å²) in [4.78, 5) is 10.4. The number of carbonyl (C=O) groups is 1. The van der Waals surface area contributed by atoms with Crippen LogP contribution in [0.2, 0.25) is 5.02 Å². The van der Waals surface area contributed by atoms with Gasteiger partial charge in [0.2, 0.25) is 5.91 Å². The molecule has 0 saturated heterocycles. The highest BCUT2D eigenvalue weighted by atomic mass is 35.5. The van der Waals surface area contributed by atoms with E-state index in [1.165, 1.54) is 6.08 Å². The average molecular weight is 197 g/mol. The van der Waals surface area contributed by atoms with Crippen molar-refractivity contribution < 1.29 is 4.79 Å². The Hall–Kier alpha value is -1.48. The molecule has 1 amide bonds. The Morgan fingerprint density at radius 2 is 2.08 bits per heavy atom. The number of amides is 1. The maximum atomic E-state index is 10.4. The summed E-state index contributed by atoms with van der Waals surface area (Å²) in [6.07, 6.45) is 2.82. The number of benzene rings is 1. The average Bonchev–Trinajstić information content (AvgIpc) is 1.99. The van der Waals surface area contributed by atoms with Crippen molar-refractivity contribution in [2.75, 3.05) is 5.73 Å². The van der Waals surface area contributed by atoms with Crippen LogP contribution >= 0.6 is 11.6 Å². The first kappa shape index (κ1) is 9.61. The SMILES string of the molecule is NC(=O)C=Cc1cc(N)cc(Cl)c1. The van der Waals surface area contributed by atoms with Crippen molar-refractivity contribution in [2.45, 2.75) is 0 Å². The lowest BCUT2D eigenvalue weighted by molar-refractivity contribution is -0.113. The fourth-order valence-corrected chi connectivity index (χ4v) is 1.16. The first-order chi connectivity index (χ1) is 6.08. The molecule has 0 spiro atoms. The van der Waals surface area contributed by atoms with E-state index < -0.39 is 5.91 Å².